The first kappa shape index (κ1) is 12.7. The normalized spacial score (nSPS) is 26.7. The fraction of sp³-hybridized carbons (Fsp3) is 0.417. The van der Waals surface area contributed by atoms with Crippen molar-refractivity contribution in [1.82, 2.24) is 0 Å². The Kier molecular flexibility index (Phi) is 2.71. The molecule has 0 saturated carbocycles. The topological polar surface area (TPSA) is 107 Å². The van der Waals surface area contributed by atoms with Gasteiger partial charge in [-0.3, -0.25) is 0 Å². The predicted molar refractivity (Wildman–Crippen MR) is 60.4 cm³/mol. The Morgan fingerprint density at radius 3 is 2.56 bits per heavy atom. The van der Waals surface area contributed by atoms with Crippen LogP contribution in [0.15, 0.2) is 6.07 Å². The first-order chi connectivity index (χ1) is 8.31. The summed E-state index contributed by atoms with van der Waals surface area (Å²) in [6.07, 6.45) is 0. The summed E-state index contributed by atoms with van der Waals surface area (Å²) in [6, 6.07) is 1.05. The van der Waals surface area contributed by atoms with Crippen molar-refractivity contribution in [1.29, 1.82) is 0 Å². The number of benzene rings is 1. The number of phenols is 2. The van der Waals surface area contributed by atoms with Crippen molar-refractivity contribution in [2.45, 2.75) is 25.6 Å². The molecule has 0 saturated heterocycles. The zero-order valence-corrected chi connectivity index (χ0v) is 9.97. The van der Waals surface area contributed by atoms with Gasteiger partial charge in [-0.2, -0.15) is 0 Å². The van der Waals surface area contributed by atoms with Gasteiger partial charge in [-0.15, -0.1) is 0 Å². The molecule has 0 radical (unpaired) electrons. The van der Waals surface area contributed by atoms with E-state index in [4.69, 9.17) is 9.84 Å². The standard InChI is InChI=1S/C12H14O6/c1-5-7(14)3-8(15)10-9(5)6(2)12(17,4-13)18-11(10)16/h3,6,13-15,17H,4H2,1-2H3/t6-,12-/m1/s1. The molecular weight excluding hydrogens is 240 g/mol. The van der Waals surface area contributed by atoms with E-state index >= 15 is 0 Å². The van der Waals surface area contributed by atoms with Crippen LogP contribution in [0, 0.1) is 6.92 Å². The van der Waals surface area contributed by atoms with E-state index < -0.39 is 30.0 Å². The van der Waals surface area contributed by atoms with E-state index in [2.05, 4.69) is 0 Å². The second-order valence-electron chi connectivity index (χ2n) is 4.44. The summed E-state index contributed by atoms with van der Waals surface area (Å²) in [5, 5.41) is 38.5. The second kappa shape index (κ2) is 3.86. The number of rotatable bonds is 1. The number of aromatic hydroxyl groups is 2. The molecule has 6 nitrogen and oxygen atoms in total. The number of phenolic OH excluding ortho intramolecular Hbond substituents is 2. The Balaban J connectivity index is 2.75. The van der Waals surface area contributed by atoms with Gasteiger partial charge in [0.15, 0.2) is 0 Å². The Bertz CT molecular complexity index is 524. The number of aliphatic hydroxyl groups is 2. The molecule has 1 aliphatic rings. The molecule has 18 heavy (non-hydrogen) atoms. The van der Waals surface area contributed by atoms with Gasteiger partial charge in [-0.1, -0.05) is 6.92 Å². The lowest BCUT2D eigenvalue weighted by molar-refractivity contribution is -0.206. The summed E-state index contributed by atoms with van der Waals surface area (Å²) >= 11 is 0. The highest BCUT2D eigenvalue weighted by Crippen LogP contribution is 2.44. The van der Waals surface area contributed by atoms with Gasteiger partial charge in [-0.05, 0) is 18.1 Å². The molecule has 0 amide bonds. The third-order valence-corrected chi connectivity index (χ3v) is 3.40. The number of hydrogen-bond acceptors (Lipinski definition) is 6. The number of hydrogen-bond donors (Lipinski definition) is 4. The van der Waals surface area contributed by atoms with E-state index in [0.717, 1.165) is 6.07 Å². The van der Waals surface area contributed by atoms with Crippen molar-refractivity contribution >= 4 is 5.97 Å². The molecule has 98 valence electrons. The molecule has 0 spiro atoms. The summed E-state index contributed by atoms with van der Waals surface area (Å²) in [5.74, 6) is -4.35. The maximum atomic E-state index is 11.8. The van der Waals surface area contributed by atoms with E-state index in [0.29, 0.717) is 5.56 Å². The van der Waals surface area contributed by atoms with E-state index in [9.17, 15) is 20.1 Å². The number of fused-ring (bicyclic) bond motifs is 1. The van der Waals surface area contributed by atoms with Gasteiger partial charge in [-0.25, -0.2) is 4.79 Å². The van der Waals surface area contributed by atoms with Crippen LogP contribution in [0.3, 0.4) is 0 Å². The molecule has 0 unspecified atom stereocenters. The van der Waals surface area contributed by atoms with Gasteiger partial charge >= 0.3 is 5.97 Å². The van der Waals surface area contributed by atoms with Crippen molar-refractivity contribution in [3.63, 3.8) is 0 Å². The maximum absolute atomic E-state index is 11.8. The summed E-state index contributed by atoms with van der Waals surface area (Å²) < 4.78 is 4.76. The summed E-state index contributed by atoms with van der Waals surface area (Å²) in [5.41, 5.74) is 0.551. The van der Waals surface area contributed by atoms with Crippen LogP contribution in [0.5, 0.6) is 11.5 Å². The van der Waals surface area contributed by atoms with Gasteiger partial charge in [0.25, 0.3) is 0 Å². The molecule has 6 heteroatoms. The van der Waals surface area contributed by atoms with Gasteiger partial charge < -0.3 is 25.2 Å². The third kappa shape index (κ3) is 1.53. The molecule has 2 atom stereocenters. The summed E-state index contributed by atoms with van der Waals surface area (Å²) in [6.45, 7) is 2.32. The molecule has 1 heterocycles. The van der Waals surface area contributed by atoms with Gasteiger partial charge in [0.1, 0.15) is 23.7 Å². The molecule has 0 aromatic heterocycles. The minimum absolute atomic E-state index is 0.0871. The number of carbonyl (C=O) groups is 1. The maximum Gasteiger partial charge on any atom is 0.344 e. The van der Waals surface area contributed by atoms with Crippen molar-refractivity contribution in [2.75, 3.05) is 6.61 Å². The minimum atomic E-state index is -2.05. The van der Waals surface area contributed by atoms with Crippen LogP contribution in [-0.4, -0.2) is 38.8 Å². The van der Waals surface area contributed by atoms with E-state index in [1.807, 2.05) is 0 Å². The Morgan fingerprint density at radius 1 is 1.39 bits per heavy atom. The average molecular weight is 254 g/mol. The molecule has 1 aromatic rings. The fourth-order valence-electron chi connectivity index (χ4n) is 2.22. The molecule has 0 bridgehead atoms. The molecule has 1 aromatic carbocycles. The van der Waals surface area contributed by atoms with Crippen molar-refractivity contribution < 1.29 is 30.0 Å². The number of aliphatic hydroxyl groups excluding tert-OH is 1. The molecule has 0 fully saturated rings. The SMILES string of the molecule is Cc1c(O)cc(O)c2c1[C@@H](C)[C@@](O)(CO)OC2=O. The van der Waals surface area contributed by atoms with Gasteiger partial charge in [0, 0.05) is 6.07 Å². The summed E-state index contributed by atoms with van der Waals surface area (Å²) in [4.78, 5) is 11.8. The van der Waals surface area contributed by atoms with E-state index in [-0.39, 0.29) is 16.9 Å². The number of ether oxygens (including phenoxy) is 1. The van der Waals surface area contributed by atoms with Crippen LogP contribution in [0.2, 0.25) is 0 Å². The van der Waals surface area contributed by atoms with Crippen LogP contribution in [0.1, 0.15) is 34.3 Å². The largest absolute Gasteiger partial charge is 0.508 e. The smallest absolute Gasteiger partial charge is 0.344 e. The first-order valence-corrected chi connectivity index (χ1v) is 5.44. The number of cyclic esters (lactones) is 1. The highest BCUT2D eigenvalue weighted by molar-refractivity contribution is 5.96. The predicted octanol–water partition coefficient (Wildman–Crippen LogP) is 0.361. The van der Waals surface area contributed by atoms with E-state index in [1.54, 1.807) is 6.92 Å². The quantitative estimate of drug-likeness (QED) is 0.539. The Hall–Kier alpha value is -1.79. The fourth-order valence-corrected chi connectivity index (χ4v) is 2.22. The zero-order valence-electron chi connectivity index (χ0n) is 9.97. The van der Waals surface area contributed by atoms with Gasteiger partial charge in [0.2, 0.25) is 5.79 Å². The molecule has 0 aliphatic carbocycles. The first-order valence-electron chi connectivity index (χ1n) is 5.44. The molecule has 1 aliphatic heterocycles. The molecule has 2 rings (SSSR count). The van der Waals surface area contributed by atoms with Crippen molar-refractivity contribution in [3.8, 4) is 11.5 Å². The molecule has 4 N–H and O–H groups in total. The van der Waals surface area contributed by atoms with Crippen LogP contribution in [0.4, 0.5) is 0 Å². The van der Waals surface area contributed by atoms with Crippen LogP contribution in [0.25, 0.3) is 0 Å². The monoisotopic (exact) mass is 254 g/mol. The lowest BCUT2D eigenvalue weighted by Crippen LogP contribution is -2.47. The molecular formula is C12H14O6. The average Bonchev–Trinajstić information content (AvgIpc) is 2.30. The lowest BCUT2D eigenvalue weighted by Gasteiger charge is -2.37. The third-order valence-electron chi connectivity index (χ3n) is 3.40. The zero-order chi connectivity index (χ0) is 13.7. The Morgan fingerprint density at radius 2 is 2.00 bits per heavy atom. The Labute approximate surface area is 103 Å². The van der Waals surface area contributed by atoms with E-state index in [1.165, 1.54) is 6.92 Å². The lowest BCUT2D eigenvalue weighted by atomic mass is 9.83. The number of carbonyl (C=O) groups excluding carboxylic acids is 1. The highest BCUT2D eigenvalue weighted by atomic mass is 16.7. The second-order valence-corrected chi connectivity index (χ2v) is 4.44. The summed E-state index contributed by atoms with van der Waals surface area (Å²) in [7, 11) is 0. The van der Waals surface area contributed by atoms with Gasteiger partial charge in [0.05, 0.1) is 5.92 Å². The van der Waals surface area contributed by atoms with Crippen molar-refractivity contribution in [3.05, 3.63) is 22.8 Å². The van der Waals surface area contributed by atoms with Crippen LogP contribution < -0.4 is 0 Å². The minimum Gasteiger partial charge on any atom is -0.508 e. The van der Waals surface area contributed by atoms with Crippen LogP contribution in [-0.2, 0) is 4.74 Å². The van der Waals surface area contributed by atoms with Crippen LogP contribution >= 0.6 is 0 Å². The number of esters is 1. The van der Waals surface area contributed by atoms with Crippen molar-refractivity contribution in [2.24, 2.45) is 0 Å². The highest BCUT2D eigenvalue weighted by Gasteiger charge is 2.47.